The normalized spacial score (nSPS) is 46.0. The summed E-state index contributed by atoms with van der Waals surface area (Å²) < 4.78 is 27.1. The standard InChI is InChI=1S/C35H56O5.C32H52O3.C3H5ClO2.CH4/c1-22(2)24-12-17-35(21-39-29(37)20-38-9)19-18-33(7)25(30(24)35)10-11-27-32(6)15-14-28(40-23(3)36)31(4,5)26(32)13-16-34(27,33)8;1-20(2)22-11-16-32(19-33)18-17-30(7)23(27(22)32)9-10-25-29(6)14-13-26(35-21(3)34)28(4,5)24(29)12-15-31(25,30)8;1-6-2-3(4)5;/h24-28,30H,1,10-21H2,2-9H3;22-27,33H,1,9-19H2,2-8H3;2H2,1H3;1H4/t24?,25-,26+,27-,28+,30-,32+,33-,34-,35-;22-,23+,24-,25+,26-,27+,29-,30+,31+,32+;;/m10../s1. The second-order valence-corrected chi connectivity index (χ2v) is 32.5. The second-order valence-electron chi connectivity index (χ2n) is 32.1. The van der Waals surface area contributed by atoms with E-state index in [2.05, 4.69) is 101 Å². The minimum Gasteiger partial charge on any atom is -0.463 e. The number of halogens is 1. The maximum Gasteiger partial charge on any atom is 0.332 e. The third-order valence-corrected chi connectivity index (χ3v) is 28.4. The lowest BCUT2D eigenvalue weighted by Crippen LogP contribution is -2.67. The third-order valence-electron chi connectivity index (χ3n) is 28.3. The minimum absolute atomic E-state index is 0. The summed E-state index contributed by atoms with van der Waals surface area (Å²) in [5.41, 5.74) is 4.59. The number of fused-ring (bicyclic) bond motifs is 14. The Bertz CT molecular complexity index is 2380. The maximum absolute atomic E-state index is 12.4. The number of methoxy groups -OCH3 is 2. The van der Waals surface area contributed by atoms with E-state index in [1.807, 2.05) is 0 Å². The molecule has 468 valence electrons. The molecule has 10 saturated carbocycles. The zero-order chi connectivity index (χ0) is 59.9. The van der Waals surface area contributed by atoms with Crippen LogP contribution in [0.1, 0.15) is 233 Å². The SMILES string of the molecule is C.C=C(C)C1CC[C@]2(COC(=O)COC)CC[C@]3(C)[C@H](CC[C@@H]4[C@@]5(C)CC[C@H](OC(C)=O)C(C)(C)[C@@H]5CC[C@]43C)[C@@H]12.C=C(C)[C@@H]1CC[C@]2(CO)CC[C@]3(C)[C@H](CC[C@@H]4[C@@]5(C)CC[C@H](OC(C)=O)C(C)(C)[C@@H]5CC[C@]43C)[C@@H]12.COCC(=O)Cl. The Morgan fingerprint density at radius 2 is 0.890 bits per heavy atom. The van der Waals surface area contributed by atoms with Crippen molar-refractivity contribution in [2.45, 2.75) is 245 Å². The molecular weight excluding hydrogens is 1050 g/mol. The Morgan fingerprint density at radius 1 is 0.488 bits per heavy atom. The van der Waals surface area contributed by atoms with Gasteiger partial charge in [-0.1, -0.05) is 101 Å². The number of hydrogen-bond acceptors (Lipinski definition) is 10. The molecule has 1 N–H and O–H groups in total. The molecule has 0 bridgehead atoms. The Labute approximate surface area is 503 Å². The van der Waals surface area contributed by atoms with Crippen LogP contribution in [0.5, 0.6) is 0 Å². The number of carbonyl (C=O) groups excluding carboxylic acids is 4. The molecule has 10 aliphatic rings. The van der Waals surface area contributed by atoms with Gasteiger partial charge in [0.1, 0.15) is 25.4 Å². The molecule has 0 aromatic heterocycles. The largest absolute Gasteiger partial charge is 0.463 e. The van der Waals surface area contributed by atoms with Crippen LogP contribution < -0.4 is 0 Å². The number of rotatable bonds is 11. The van der Waals surface area contributed by atoms with Gasteiger partial charge in [0.2, 0.25) is 5.24 Å². The van der Waals surface area contributed by atoms with Gasteiger partial charge in [0.25, 0.3) is 0 Å². The number of hydrogen-bond donors (Lipinski definition) is 1. The predicted molar refractivity (Wildman–Crippen MR) is 328 cm³/mol. The van der Waals surface area contributed by atoms with Crippen LogP contribution >= 0.6 is 11.6 Å². The molecule has 0 saturated heterocycles. The van der Waals surface area contributed by atoms with Gasteiger partial charge in [0.15, 0.2) is 0 Å². The highest BCUT2D eigenvalue weighted by Crippen LogP contribution is 2.80. The van der Waals surface area contributed by atoms with Crippen molar-refractivity contribution < 1.29 is 48.0 Å². The zero-order valence-corrected chi connectivity index (χ0v) is 54.6. The average Bonchev–Trinajstić information content (AvgIpc) is 2.15. The molecule has 10 rings (SSSR count). The number of aliphatic hydroxyl groups is 1. The molecule has 10 fully saturated rings. The molecule has 10 nitrogen and oxygen atoms in total. The van der Waals surface area contributed by atoms with Gasteiger partial charge in [-0.15, -0.1) is 0 Å². The minimum atomic E-state index is -0.461. The molecular formula is C71H117ClO10. The van der Waals surface area contributed by atoms with E-state index in [1.54, 1.807) is 21.0 Å². The van der Waals surface area contributed by atoms with Crippen LogP contribution in [0.4, 0.5) is 0 Å². The van der Waals surface area contributed by atoms with Gasteiger partial charge in [0, 0.05) is 50.9 Å². The summed E-state index contributed by atoms with van der Waals surface area (Å²) in [5, 5.41) is 10.2. The topological polar surface area (TPSA) is 135 Å². The van der Waals surface area contributed by atoms with Gasteiger partial charge in [-0.3, -0.25) is 14.4 Å². The summed E-state index contributed by atoms with van der Waals surface area (Å²) in [4.78, 5) is 45.9. The van der Waals surface area contributed by atoms with Crippen molar-refractivity contribution in [3.05, 3.63) is 24.3 Å². The Morgan fingerprint density at radius 3 is 1.26 bits per heavy atom. The Balaban J connectivity index is 0.000000214. The fraction of sp³-hybridized carbons (Fsp3) is 0.887. The molecule has 0 amide bonds. The van der Waals surface area contributed by atoms with E-state index < -0.39 is 5.24 Å². The van der Waals surface area contributed by atoms with Crippen molar-refractivity contribution in [1.29, 1.82) is 0 Å². The van der Waals surface area contributed by atoms with E-state index in [0.717, 1.165) is 38.0 Å². The monoisotopic (exact) mass is 1160 g/mol. The zero-order valence-electron chi connectivity index (χ0n) is 53.8. The summed E-state index contributed by atoms with van der Waals surface area (Å²) in [5.74, 6) is 5.59. The van der Waals surface area contributed by atoms with Gasteiger partial charge in [0.05, 0.1) is 6.61 Å². The lowest BCUT2D eigenvalue weighted by Gasteiger charge is -2.73. The van der Waals surface area contributed by atoms with Crippen LogP contribution in [0.25, 0.3) is 0 Å². The molecule has 20 atom stereocenters. The average molecular weight is 1170 g/mol. The third kappa shape index (κ3) is 10.7. The molecule has 0 aliphatic heterocycles. The summed E-state index contributed by atoms with van der Waals surface area (Å²) in [7, 11) is 2.97. The second kappa shape index (κ2) is 24.0. The highest BCUT2D eigenvalue weighted by molar-refractivity contribution is 6.63. The van der Waals surface area contributed by atoms with Gasteiger partial charge in [-0.25, -0.2) is 4.79 Å². The summed E-state index contributed by atoms with van der Waals surface area (Å²) in [6, 6.07) is 0. The number of aliphatic hydroxyl groups excluding tert-OH is 1. The van der Waals surface area contributed by atoms with Gasteiger partial charge >= 0.3 is 17.9 Å². The number of carbonyl (C=O) groups is 4. The van der Waals surface area contributed by atoms with E-state index in [0.29, 0.717) is 82.7 Å². The van der Waals surface area contributed by atoms with E-state index >= 15 is 0 Å². The van der Waals surface area contributed by atoms with Crippen LogP contribution in [-0.2, 0) is 42.9 Å². The first-order chi connectivity index (χ1) is 37.7. The molecule has 0 heterocycles. The lowest BCUT2D eigenvalue weighted by atomic mass is 9.32. The molecule has 0 aromatic carbocycles. The van der Waals surface area contributed by atoms with Crippen LogP contribution in [0, 0.1) is 113 Å². The highest BCUT2D eigenvalue weighted by atomic mass is 35.5. The fourth-order valence-corrected chi connectivity index (χ4v) is 24.5. The summed E-state index contributed by atoms with van der Waals surface area (Å²) in [6.45, 7) is 42.8. The van der Waals surface area contributed by atoms with Crippen LogP contribution in [-0.4, -0.2) is 81.1 Å². The van der Waals surface area contributed by atoms with Gasteiger partial charge < -0.3 is 28.8 Å². The molecule has 1 unspecified atom stereocenters. The smallest absolute Gasteiger partial charge is 0.332 e. The summed E-state index contributed by atoms with van der Waals surface area (Å²) in [6.07, 6.45) is 24.0. The lowest BCUT2D eigenvalue weighted by molar-refractivity contribution is -0.252. The van der Waals surface area contributed by atoms with Crippen molar-refractivity contribution in [2.75, 3.05) is 40.6 Å². The van der Waals surface area contributed by atoms with Gasteiger partial charge in [-0.05, 0) is 251 Å². The van der Waals surface area contributed by atoms with Crippen molar-refractivity contribution in [3.63, 3.8) is 0 Å². The molecule has 82 heavy (non-hydrogen) atoms. The van der Waals surface area contributed by atoms with E-state index in [1.165, 1.54) is 115 Å². The predicted octanol–water partition coefficient (Wildman–Crippen LogP) is 16.4. The van der Waals surface area contributed by atoms with Crippen LogP contribution in [0.15, 0.2) is 24.3 Å². The summed E-state index contributed by atoms with van der Waals surface area (Å²) >= 11 is 4.81. The molecule has 0 radical (unpaired) electrons. The number of esters is 3. The molecule has 11 heteroatoms. The molecule has 10 aliphatic carbocycles. The van der Waals surface area contributed by atoms with E-state index in [-0.39, 0.29) is 88.7 Å². The molecule has 0 aromatic rings. The first kappa shape index (κ1) is 67.2. The van der Waals surface area contributed by atoms with Crippen LogP contribution in [0.3, 0.4) is 0 Å². The maximum atomic E-state index is 12.4. The highest BCUT2D eigenvalue weighted by Gasteiger charge is 2.73. The number of ether oxygens (including phenoxy) is 5. The number of allylic oxidation sites excluding steroid dienone is 2. The van der Waals surface area contributed by atoms with E-state index in [9.17, 15) is 24.3 Å². The fourth-order valence-electron chi connectivity index (χ4n) is 24.4. The van der Waals surface area contributed by atoms with Crippen molar-refractivity contribution in [2.24, 2.45) is 113 Å². The Hall–Kier alpha value is -2.27. The van der Waals surface area contributed by atoms with Crippen molar-refractivity contribution in [3.8, 4) is 0 Å². The van der Waals surface area contributed by atoms with Crippen molar-refractivity contribution >= 4 is 34.8 Å². The van der Waals surface area contributed by atoms with Gasteiger partial charge in [-0.2, -0.15) is 0 Å². The van der Waals surface area contributed by atoms with Crippen LogP contribution in [0.2, 0.25) is 0 Å². The molecule has 0 spiro atoms. The van der Waals surface area contributed by atoms with Crippen molar-refractivity contribution in [1.82, 2.24) is 0 Å². The van der Waals surface area contributed by atoms with E-state index in [4.69, 9.17) is 30.5 Å². The first-order valence-corrected chi connectivity index (χ1v) is 32.7. The Kier molecular flexibility index (Phi) is 19.7. The quantitative estimate of drug-likeness (QED) is 0.0922. The first-order valence-electron chi connectivity index (χ1n) is 32.3.